The van der Waals surface area contributed by atoms with Crippen molar-refractivity contribution < 1.29 is 14.0 Å². The van der Waals surface area contributed by atoms with Gasteiger partial charge in [0.15, 0.2) is 0 Å². The lowest BCUT2D eigenvalue weighted by Gasteiger charge is -2.32. The van der Waals surface area contributed by atoms with Crippen molar-refractivity contribution in [3.05, 3.63) is 63.9 Å². The molecule has 2 heterocycles. The number of fused-ring (bicyclic) bond motifs is 1. The summed E-state index contributed by atoms with van der Waals surface area (Å²) in [5.41, 5.74) is 3.67. The van der Waals surface area contributed by atoms with E-state index in [4.69, 9.17) is 11.6 Å². The first-order chi connectivity index (χ1) is 14.0. The molecule has 2 amide bonds. The van der Waals surface area contributed by atoms with Crippen LogP contribution < -0.4 is 10.6 Å². The van der Waals surface area contributed by atoms with Crippen molar-refractivity contribution >= 4 is 29.1 Å². The number of benzene rings is 2. The summed E-state index contributed by atoms with van der Waals surface area (Å²) in [6.07, 6.45) is 3.05. The summed E-state index contributed by atoms with van der Waals surface area (Å²) in [6, 6.07) is 10.4. The summed E-state index contributed by atoms with van der Waals surface area (Å²) in [5, 5.41) is 5.92. The Morgan fingerprint density at radius 3 is 2.72 bits per heavy atom. The SMILES string of the molecule is O=C1CCc2ccc(CN3CCC(NC(=O)c4ccc(F)c(Cl)c4)CC3)cc2N1. The van der Waals surface area contributed by atoms with Crippen molar-refractivity contribution in [2.75, 3.05) is 18.4 Å². The highest BCUT2D eigenvalue weighted by Gasteiger charge is 2.22. The van der Waals surface area contributed by atoms with E-state index in [2.05, 4.69) is 33.7 Å². The number of likely N-dealkylation sites (tertiary alicyclic amines) is 1. The summed E-state index contributed by atoms with van der Waals surface area (Å²) < 4.78 is 13.3. The largest absolute Gasteiger partial charge is 0.349 e. The minimum Gasteiger partial charge on any atom is -0.349 e. The molecular weight excluding hydrogens is 393 g/mol. The Hall–Kier alpha value is -2.44. The second-order valence-corrected chi connectivity index (χ2v) is 8.10. The monoisotopic (exact) mass is 415 g/mol. The van der Waals surface area contributed by atoms with Gasteiger partial charge in [-0.15, -0.1) is 0 Å². The highest BCUT2D eigenvalue weighted by atomic mass is 35.5. The number of nitrogens with one attached hydrogen (secondary N) is 2. The normalized spacial score (nSPS) is 17.5. The fraction of sp³-hybridized carbons (Fsp3) is 0.364. The number of carbonyl (C=O) groups excluding carboxylic acids is 2. The van der Waals surface area contributed by atoms with Crippen LogP contribution in [-0.4, -0.2) is 35.8 Å². The van der Waals surface area contributed by atoms with Gasteiger partial charge in [0.05, 0.1) is 5.02 Å². The van der Waals surface area contributed by atoms with Crippen LogP contribution in [0.15, 0.2) is 36.4 Å². The molecule has 5 nitrogen and oxygen atoms in total. The molecule has 2 aliphatic heterocycles. The van der Waals surface area contributed by atoms with Crippen LogP contribution in [0.25, 0.3) is 0 Å². The standard InChI is InChI=1S/C22H23ClFN3O2/c23-18-12-16(3-5-19(18)24)22(29)25-17-7-9-27(10-8-17)13-14-1-2-15-4-6-21(28)26-20(15)11-14/h1-3,5,11-12,17H,4,6-10,13H2,(H,25,29)(H,26,28). The number of amides is 2. The van der Waals surface area contributed by atoms with E-state index in [9.17, 15) is 14.0 Å². The van der Waals surface area contributed by atoms with Crippen LogP contribution in [0.4, 0.5) is 10.1 Å². The molecule has 1 fully saturated rings. The summed E-state index contributed by atoms with van der Waals surface area (Å²) in [4.78, 5) is 26.3. The highest BCUT2D eigenvalue weighted by molar-refractivity contribution is 6.31. The minimum absolute atomic E-state index is 0.0475. The van der Waals surface area contributed by atoms with E-state index in [1.807, 2.05) is 0 Å². The van der Waals surface area contributed by atoms with E-state index in [0.717, 1.165) is 44.6 Å². The van der Waals surface area contributed by atoms with Gasteiger partial charge in [-0.25, -0.2) is 4.39 Å². The molecule has 0 radical (unpaired) electrons. The number of aryl methyl sites for hydroxylation is 1. The molecule has 0 saturated carbocycles. The Bertz CT molecular complexity index is 942. The fourth-order valence-electron chi connectivity index (χ4n) is 3.92. The molecule has 2 aliphatic rings. The van der Waals surface area contributed by atoms with Crippen LogP contribution >= 0.6 is 11.6 Å². The second kappa shape index (κ2) is 8.51. The van der Waals surface area contributed by atoms with Gasteiger partial charge in [0.1, 0.15) is 5.82 Å². The van der Waals surface area contributed by atoms with Gasteiger partial charge in [-0.2, -0.15) is 0 Å². The first-order valence-electron chi connectivity index (χ1n) is 9.88. The second-order valence-electron chi connectivity index (χ2n) is 7.69. The molecule has 0 aliphatic carbocycles. The predicted molar refractivity (Wildman–Crippen MR) is 111 cm³/mol. The van der Waals surface area contributed by atoms with Gasteiger partial charge >= 0.3 is 0 Å². The van der Waals surface area contributed by atoms with Crippen molar-refractivity contribution in [1.82, 2.24) is 10.2 Å². The molecule has 29 heavy (non-hydrogen) atoms. The number of hydrogen-bond donors (Lipinski definition) is 2. The topological polar surface area (TPSA) is 61.4 Å². The number of halogens is 2. The summed E-state index contributed by atoms with van der Waals surface area (Å²) in [7, 11) is 0. The van der Waals surface area contributed by atoms with Crippen LogP contribution in [-0.2, 0) is 17.8 Å². The van der Waals surface area contributed by atoms with E-state index >= 15 is 0 Å². The summed E-state index contributed by atoms with van der Waals surface area (Å²) >= 11 is 5.76. The van der Waals surface area contributed by atoms with Gasteiger partial charge in [-0.3, -0.25) is 14.5 Å². The van der Waals surface area contributed by atoms with Crippen molar-refractivity contribution in [3.63, 3.8) is 0 Å². The molecule has 0 atom stereocenters. The molecule has 2 aromatic carbocycles. The average Bonchev–Trinajstić information content (AvgIpc) is 2.71. The van der Waals surface area contributed by atoms with E-state index in [1.54, 1.807) is 0 Å². The number of rotatable bonds is 4. The fourth-order valence-corrected chi connectivity index (χ4v) is 4.10. The number of hydrogen-bond acceptors (Lipinski definition) is 3. The molecule has 0 aromatic heterocycles. The van der Waals surface area contributed by atoms with Crippen molar-refractivity contribution in [3.8, 4) is 0 Å². The number of carbonyl (C=O) groups is 2. The van der Waals surface area contributed by atoms with Gasteiger partial charge in [0, 0.05) is 43.3 Å². The van der Waals surface area contributed by atoms with Gasteiger partial charge in [-0.05, 0) is 54.7 Å². The maximum Gasteiger partial charge on any atom is 0.251 e. The third kappa shape index (κ3) is 4.77. The van der Waals surface area contributed by atoms with Crippen LogP contribution in [0.3, 0.4) is 0 Å². The molecule has 2 N–H and O–H groups in total. The van der Waals surface area contributed by atoms with E-state index in [-0.39, 0.29) is 22.9 Å². The molecule has 7 heteroatoms. The van der Waals surface area contributed by atoms with Crippen molar-refractivity contribution in [2.45, 2.75) is 38.3 Å². The zero-order chi connectivity index (χ0) is 20.4. The van der Waals surface area contributed by atoms with Gasteiger partial charge in [0.25, 0.3) is 5.91 Å². The van der Waals surface area contributed by atoms with E-state index in [1.165, 1.54) is 29.3 Å². The van der Waals surface area contributed by atoms with Crippen molar-refractivity contribution in [1.29, 1.82) is 0 Å². The summed E-state index contributed by atoms with van der Waals surface area (Å²) in [5.74, 6) is -0.678. The Labute approximate surface area is 174 Å². The van der Waals surface area contributed by atoms with Crippen LogP contribution in [0.1, 0.15) is 40.7 Å². The molecule has 0 unspecified atom stereocenters. The predicted octanol–water partition coefficient (Wildman–Crippen LogP) is 3.76. The Balaban J connectivity index is 1.29. The lowest BCUT2D eigenvalue weighted by molar-refractivity contribution is -0.116. The van der Waals surface area contributed by atoms with Gasteiger partial charge in [-0.1, -0.05) is 23.7 Å². The van der Waals surface area contributed by atoms with Gasteiger partial charge < -0.3 is 10.6 Å². The lowest BCUT2D eigenvalue weighted by Crippen LogP contribution is -2.44. The smallest absolute Gasteiger partial charge is 0.251 e. The third-order valence-electron chi connectivity index (χ3n) is 5.58. The molecule has 152 valence electrons. The quantitative estimate of drug-likeness (QED) is 0.799. The minimum atomic E-state index is -0.529. The number of anilines is 1. The van der Waals surface area contributed by atoms with Crippen LogP contribution in [0, 0.1) is 5.82 Å². The van der Waals surface area contributed by atoms with Crippen molar-refractivity contribution in [2.24, 2.45) is 0 Å². The Kier molecular flexibility index (Phi) is 5.83. The highest BCUT2D eigenvalue weighted by Crippen LogP contribution is 2.25. The number of nitrogens with zero attached hydrogens (tertiary/aromatic N) is 1. The van der Waals surface area contributed by atoms with Gasteiger partial charge in [0.2, 0.25) is 5.91 Å². The zero-order valence-electron chi connectivity index (χ0n) is 16.0. The molecule has 1 saturated heterocycles. The van der Waals surface area contributed by atoms with Crippen LogP contribution in [0.2, 0.25) is 5.02 Å². The summed E-state index contributed by atoms with van der Waals surface area (Å²) in [6.45, 7) is 2.56. The third-order valence-corrected chi connectivity index (χ3v) is 5.87. The first kappa shape index (κ1) is 19.9. The lowest BCUT2D eigenvalue weighted by atomic mass is 9.99. The molecule has 4 rings (SSSR count). The first-order valence-corrected chi connectivity index (χ1v) is 10.3. The van der Waals surface area contributed by atoms with Crippen LogP contribution in [0.5, 0.6) is 0 Å². The number of piperidine rings is 1. The maximum absolute atomic E-state index is 13.3. The average molecular weight is 416 g/mol. The molecule has 0 spiro atoms. The van der Waals surface area contributed by atoms with E-state index < -0.39 is 5.82 Å². The molecule has 0 bridgehead atoms. The maximum atomic E-state index is 13.3. The van der Waals surface area contributed by atoms with E-state index in [0.29, 0.717) is 12.0 Å². The Morgan fingerprint density at radius 2 is 1.97 bits per heavy atom. The molecular formula is C22H23ClFN3O2. The zero-order valence-corrected chi connectivity index (χ0v) is 16.8. The Morgan fingerprint density at radius 1 is 1.17 bits per heavy atom. The molecule has 2 aromatic rings.